The zero-order valence-corrected chi connectivity index (χ0v) is 17.3. The largest absolute Gasteiger partial charge is 0.492 e. The summed E-state index contributed by atoms with van der Waals surface area (Å²) in [5.74, 6) is -1.68. The van der Waals surface area contributed by atoms with Gasteiger partial charge in [-0.15, -0.1) is 0 Å². The first-order chi connectivity index (χ1) is 15.5. The highest BCUT2D eigenvalue weighted by atomic mass is 19.1. The molecule has 5 nitrogen and oxygen atoms in total. The molecule has 0 saturated carbocycles. The van der Waals surface area contributed by atoms with E-state index in [-0.39, 0.29) is 23.4 Å². The number of carbonyl (C=O) groups excluding carboxylic acids is 2. The maximum atomic E-state index is 14.2. The maximum Gasteiger partial charge on any atom is 0.278 e. The number of hydrogen-bond acceptors (Lipinski definition) is 4. The van der Waals surface area contributed by atoms with E-state index in [1.54, 1.807) is 30.3 Å². The first kappa shape index (κ1) is 21.2. The minimum absolute atomic E-state index is 0.0186. The van der Waals surface area contributed by atoms with Crippen molar-refractivity contribution in [2.24, 2.45) is 0 Å². The molecule has 0 bridgehead atoms. The number of imide groups is 1. The Morgan fingerprint density at radius 1 is 0.875 bits per heavy atom. The number of amides is 2. The van der Waals surface area contributed by atoms with Crippen molar-refractivity contribution in [2.45, 2.75) is 13.5 Å². The summed E-state index contributed by atoms with van der Waals surface area (Å²) in [5, 5.41) is 3.02. The van der Waals surface area contributed by atoms with Crippen molar-refractivity contribution in [3.05, 3.63) is 101 Å². The van der Waals surface area contributed by atoms with Crippen LogP contribution in [0.4, 0.5) is 14.5 Å². The first-order valence-corrected chi connectivity index (χ1v) is 10.1. The molecule has 1 aliphatic rings. The van der Waals surface area contributed by atoms with Gasteiger partial charge in [-0.3, -0.25) is 14.5 Å². The smallest absolute Gasteiger partial charge is 0.278 e. The molecule has 0 aromatic heterocycles. The van der Waals surface area contributed by atoms with Crippen LogP contribution in [0.5, 0.6) is 5.75 Å². The molecule has 0 spiro atoms. The number of hydrogen-bond donors (Lipinski definition) is 1. The summed E-state index contributed by atoms with van der Waals surface area (Å²) in [6.07, 6.45) is 0. The maximum absolute atomic E-state index is 14.2. The molecule has 7 heteroatoms. The van der Waals surface area contributed by atoms with Crippen LogP contribution < -0.4 is 10.1 Å². The third-order valence-corrected chi connectivity index (χ3v) is 5.03. The number of anilines is 1. The molecule has 1 N–H and O–H groups in total. The molecule has 162 valence electrons. The third kappa shape index (κ3) is 4.09. The Bertz CT molecular complexity index is 1210. The Morgan fingerprint density at radius 3 is 2.28 bits per heavy atom. The minimum atomic E-state index is -0.608. The fourth-order valence-electron chi connectivity index (χ4n) is 3.50. The van der Waals surface area contributed by atoms with Gasteiger partial charge in [-0.25, -0.2) is 8.78 Å². The molecule has 2 amide bonds. The summed E-state index contributed by atoms with van der Waals surface area (Å²) >= 11 is 0. The van der Waals surface area contributed by atoms with Gasteiger partial charge in [0.1, 0.15) is 23.1 Å². The van der Waals surface area contributed by atoms with Crippen LogP contribution in [0.25, 0.3) is 5.57 Å². The highest BCUT2D eigenvalue weighted by molar-refractivity contribution is 6.36. The Hall–Kier alpha value is -4.00. The lowest BCUT2D eigenvalue weighted by Crippen LogP contribution is -2.32. The molecule has 0 unspecified atom stereocenters. The number of para-hydroxylation sites is 2. The number of ether oxygens (including phenoxy) is 1. The van der Waals surface area contributed by atoms with Crippen LogP contribution in [0.1, 0.15) is 18.1 Å². The highest BCUT2D eigenvalue weighted by Gasteiger charge is 2.39. The SMILES string of the molecule is CCOc1ccccc1NC1=C(c2ccc(F)cc2)C(=O)N(Cc2ccccc2F)C1=O. The van der Waals surface area contributed by atoms with Gasteiger partial charge in [0.2, 0.25) is 0 Å². The first-order valence-electron chi connectivity index (χ1n) is 10.1. The summed E-state index contributed by atoms with van der Waals surface area (Å²) in [6.45, 7) is 2.02. The van der Waals surface area contributed by atoms with E-state index in [0.717, 1.165) is 4.90 Å². The van der Waals surface area contributed by atoms with Gasteiger partial charge in [-0.2, -0.15) is 0 Å². The van der Waals surface area contributed by atoms with Crippen molar-refractivity contribution >= 4 is 23.1 Å². The molecular weight excluding hydrogens is 414 g/mol. The quantitative estimate of drug-likeness (QED) is 0.545. The Morgan fingerprint density at radius 2 is 1.56 bits per heavy atom. The number of halogens is 2. The normalized spacial score (nSPS) is 13.7. The molecule has 0 aliphatic carbocycles. The Balaban J connectivity index is 1.76. The lowest BCUT2D eigenvalue weighted by molar-refractivity contribution is -0.137. The second-order valence-corrected chi connectivity index (χ2v) is 7.10. The second kappa shape index (κ2) is 9.01. The summed E-state index contributed by atoms with van der Waals surface area (Å²) < 4.78 is 33.3. The van der Waals surface area contributed by atoms with E-state index in [9.17, 15) is 18.4 Å². The van der Waals surface area contributed by atoms with Gasteiger partial charge >= 0.3 is 0 Å². The van der Waals surface area contributed by atoms with E-state index in [1.807, 2.05) is 6.92 Å². The molecule has 0 fully saturated rings. The van der Waals surface area contributed by atoms with Gasteiger partial charge < -0.3 is 10.1 Å². The number of nitrogens with zero attached hydrogens (tertiary/aromatic N) is 1. The van der Waals surface area contributed by atoms with Gasteiger partial charge in [0, 0.05) is 5.56 Å². The molecule has 1 aliphatic heterocycles. The van der Waals surface area contributed by atoms with E-state index in [0.29, 0.717) is 23.6 Å². The Labute approximate surface area is 183 Å². The molecule has 0 atom stereocenters. The topological polar surface area (TPSA) is 58.6 Å². The van der Waals surface area contributed by atoms with Crippen LogP contribution in [-0.4, -0.2) is 23.3 Å². The standard InChI is InChI=1S/C25H20F2N2O3/c1-2-32-21-10-6-5-9-20(21)28-23-22(16-11-13-18(26)14-12-16)24(30)29(25(23)31)15-17-7-3-4-8-19(17)27/h3-14,28H,2,15H2,1H3. The Kier molecular flexibility index (Phi) is 5.98. The van der Waals surface area contributed by atoms with Crippen LogP contribution in [0.3, 0.4) is 0 Å². The fraction of sp³-hybridized carbons (Fsp3) is 0.120. The van der Waals surface area contributed by atoms with E-state index in [4.69, 9.17) is 4.74 Å². The minimum Gasteiger partial charge on any atom is -0.492 e. The number of carbonyl (C=O) groups is 2. The van der Waals surface area contributed by atoms with Crippen LogP contribution in [0.2, 0.25) is 0 Å². The zero-order valence-electron chi connectivity index (χ0n) is 17.3. The lowest BCUT2D eigenvalue weighted by Gasteiger charge is -2.16. The summed E-state index contributed by atoms with van der Waals surface area (Å²) in [7, 11) is 0. The third-order valence-electron chi connectivity index (χ3n) is 5.03. The van der Waals surface area contributed by atoms with Gasteiger partial charge in [0.25, 0.3) is 11.8 Å². The van der Waals surface area contributed by atoms with Crippen LogP contribution >= 0.6 is 0 Å². The molecule has 3 aromatic carbocycles. The fourth-order valence-corrected chi connectivity index (χ4v) is 3.50. The molecule has 4 rings (SSSR count). The van der Waals surface area contributed by atoms with Crippen LogP contribution in [-0.2, 0) is 16.1 Å². The molecule has 0 radical (unpaired) electrons. The second-order valence-electron chi connectivity index (χ2n) is 7.10. The predicted molar refractivity (Wildman–Crippen MR) is 117 cm³/mol. The van der Waals surface area contributed by atoms with Crippen molar-refractivity contribution in [3.63, 3.8) is 0 Å². The molecule has 32 heavy (non-hydrogen) atoms. The van der Waals surface area contributed by atoms with Gasteiger partial charge in [0.05, 0.1) is 24.4 Å². The van der Waals surface area contributed by atoms with Gasteiger partial charge in [-0.05, 0) is 42.8 Å². The average Bonchev–Trinajstić information content (AvgIpc) is 3.01. The van der Waals surface area contributed by atoms with Crippen LogP contribution in [0.15, 0.2) is 78.5 Å². The van der Waals surface area contributed by atoms with E-state index in [2.05, 4.69) is 5.32 Å². The van der Waals surface area contributed by atoms with Crippen molar-refractivity contribution < 1.29 is 23.1 Å². The van der Waals surface area contributed by atoms with Gasteiger partial charge in [0.15, 0.2) is 0 Å². The summed E-state index contributed by atoms with van der Waals surface area (Å²) in [4.78, 5) is 27.6. The monoisotopic (exact) mass is 434 g/mol. The average molecular weight is 434 g/mol. The number of rotatable bonds is 7. The number of benzene rings is 3. The van der Waals surface area contributed by atoms with E-state index < -0.39 is 23.4 Å². The zero-order chi connectivity index (χ0) is 22.7. The van der Waals surface area contributed by atoms with Crippen molar-refractivity contribution in [2.75, 3.05) is 11.9 Å². The summed E-state index contributed by atoms with van der Waals surface area (Å²) in [6, 6.07) is 18.3. The van der Waals surface area contributed by atoms with E-state index >= 15 is 0 Å². The number of nitrogens with one attached hydrogen (secondary N) is 1. The van der Waals surface area contributed by atoms with Gasteiger partial charge in [-0.1, -0.05) is 42.5 Å². The predicted octanol–water partition coefficient (Wildman–Crippen LogP) is 4.76. The van der Waals surface area contributed by atoms with Crippen molar-refractivity contribution in [3.8, 4) is 5.75 Å². The summed E-state index contributed by atoms with van der Waals surface area (Å²) in [5.41, 5.74) is 1.18. The molecule has 1 heterocycles. The molecular formula is C25H20F2N2O3. The molecule has 0 saturated heterocycles. The van der Waals surface area contributed by atoms with Crippen molar-refractivity contribution in [1.82, 2.24) is 4.90 Å². The van der Waals surface area contributed by atoms with Crippen LogP contribution in [0, 0.1) is 11.6 Å². The highest BCUT2D eigenvalue weighted by Crippen LogP contribution is 2.34. The van der Waals surface area contributed by atoms with E-state index in [1.165, 1.54) is 42.5 Å². The van der Waals surface area contributed by atoms with Crippen molar-refractivity contribution in [1.29, 1.82) is 0 Å². The molecule has 3 aromatic rings. The lowest BCUT2D eigenvalue weighted by atomic mass is 10.0.